The Kier molecular flexibility index (Phi) is 5.16. The van der Waals surface area contributed by atoms with Crippen molar-refractivity contribution < 1.29 is 14.3 Å². The summed E-state index contributed by atoms with van der Waals surface area (Å²) < 4.78 is 10.7. The summed E-state index contributed by atoms with van der Waals surface area (Å²) in [4.78, 5) is 13.3. The van der Waals surface area contributed by atoms with E-state index in [0.29, 0.717) is 22.3 Å². The van der Waals surface area contributed by atoms with E-state index in [0.717, 1.165) is 16.1 Å². The number of carbonyl (C=O) groups excluding carboxylic acids is 1. The third kappa shape index (κ3) is 4.22. The molecule has 1 aliphatic heterocycles. The van der Waals surface area contributed by atoms with Gasteiger partial charge in [-0.15, -0.1) is 11.8 Å². The van der Waals surface area contributed by atoms with Crippen LogP contribution < -0.4 is 14.8 Å². The van der Waals surface area contributed by atoms with Gasteiger partial charge in [0.05, 0.1) is 5.69 Å². The van der Waals surface area contributed by atoms with Gasteiger partial charge in [-0.1, -0.05) is 44.5 Å². The summed E-state index contributed by atoms with van der Waals surface area (Å²) in [7, 11) is 0. The third-order valence-electron chi connectivity index (χ3n) is 3.74. The molecule has 0 fully saturated rings. The minimum atomic E-state index is -0.446. The highest BCUT2D eigenvalue weighted by molar-refractivity contribution is 7.98. The number of hydrogen-bond acceptors (Lipinski definition) is 4. The highest BCUT2D eigenvalue weighted by Gasteiger charge is 2.22. The lowest BCUT2D eigenvalue weighted by atomic mass is 9.95. The van der Waals surface area contributed by atoms with Crippen molar-refractivity contribution in [1.29, 1.82) is 0 Å². The predicted octanol–water partition coefficient (Wildman–Crippen LogP) is 5.35. The number of ether oxygens (including phenoxy) is 2. The van der Waals surface area contributed by atoms with E-state index in [9.17, 15) is 4.79 Å². The molecule has 132 valence electrons. The van der Waals surface area contributed by atoms with Crippen molar-refractivity contribution in [3.63, 3.8) is 0 Å². The second-order valence-corrected chi connectivity index (χ2v) is 8.21. The van der Waals surface area contributed by atoms with E-state index in [1.165, 1.54) is 0 Å². The highest BCUT2D eigenvalue weighted by Crippen LogP contribution is 2.39. The number of nitrogens with one attached hydrogen (secondary N) is 1. The molecule has 0 radical (unpaired) electrons. The molecule has 2 aromatic carbocycles. The van der Waals surface area contributed by atoms with Gasteiger partial charge in [-0.2, -0.15) is 0 Å². The van der Waals surface area contributed by atoms with Crippen molar-refractivity contribution in [3.8, 4) is 11.5 Å². The first-order valence-electron chi connectivity index (χ1n) is 7.96. The van der Waals surface area contributed by atoms with Crippen LogP contribution in [-0.4, -0.2) is 12.7 Å². The SMILES string of the molecule is CC(C)(C)C(=O)Nc1ccccc1SCc1cc2c(cc1Cl)OCO2. The quantitative estimate of drug-likeness (QED) is 0.730. The van der Waals surface area contributed by atoms with Crippen molar-refractivity contribution in [2.45, 2.75) is 31.4 Å². The zero-order valence-corrected chi connectivity index (χ0v) is 16.0. The number of benzene rings is 2. The second-order valence-electron chi connectivity index (χ2n) is 6.79. The standard InChI is InChI=1S/C19H20ClNO3S/c1-19(2,3)18(22)21-14-6-4-5-7-17(14)25-10-12-8-15-16(9-13(12)20)24-11-23-15/h4-9H,10-11H2,1-3H3,(H,21,22). The number of halogens is 1. The van der Waals surface area contributed by atoms with E-state index < -0.39 is 5.41 Å². The molecule has 6 heteroatoms. The zero-order chi connectivity index (χ0) is 18.0. The zero-order valence-electron chi connectivity index (χ0n) is 14.4. The minimum Gasteiger partial charge on any atom is -0.454 e. The molecule has 0 spiro atoms. The van der Waals surface area contributed by atoms with Crippen LogP contribution in [0.3, 0.4) is 0 Å². The second kappa shape index (κ2) is 7.18. The van der Waals surface area contributed by atoms with Crippen LogP contribution in [0.2, 0.25) is 5.02 Å². The van der Waals surface area contributed by atoms with Crippen LogP contribution in [0.1, 0.15) is 26.3 Å². The number of anilines is 1. The summed E-state index contributed by atoms with van der Waals surface area (Å²) in [6.07, 6.45) is 0. The van der Waals surface area contributed by atoms with Crippen molar-refractivity contribution in [2.24, 2.45) is 5.41 Å². The molecule has 1 aliphatic rings. The average molecular weight is 378 g/mol. The number of fused-ring (bicyclic) bond motifs is 1. The maximum absolute atomic E-state index is 12.3. The molecule has 1 amide bonds. The Bertz CT molecular complexity index is 802. The van der Waals surface area contributed by atoms with Crippen molar-refractivity contribution in [2.75, 3.05) is 12.1 Å². The van der Waals surface area contributed by atoms with Crippen molar-refractivity contribution >= 4 is 35.0 Å². The fraction of sp³-hybridized carbons (Fsp3) is 0.316. The first-order valence-corrected chi connectivity index (χ1v) is 9.32. The molecule has 0 saturated heterocycles. The fourth-order valence-corrected chi connectivity index (χ4v) is 3.53. The summed E-state index contributed by atoms with van der Waals surface area (Å²) in [5, 5.41) is 3.65. The Balaban J connectivity index is 1.75. The molecular formula is C19H20ClNO3S. The van der Waals surface area contributed by atoms with Gasteiger partial charge in [0.15, 0.2) is 11.5 Å². The maximum Gasteiger partial charge on any atom is 0.231 e. The van der Waals surface area contributed by atoms with Crippen LogP contribution in [0.4, 0.5) is 5.69 Å². The summed E-state index contributed by atoms with van der Waals surface area (Å²) in [6, 6.07) is 11.5. The Morgan fingerprint density at radius 1 is 1.20 bits per heavy atom. The molecule has 0 atom stereocenters. The van der Waals surface area contributed by atoms with Crippen LogP contribution in [0.25, 0.3) is 0 Å². The molecule has 0 aliphatic carbocycles. The van der Waals surface area contributed by atoms with Crippen LogP contribution in [-0.2, 0) is 10.5 Å². The Morgan fingerprint density at radius 3 is 2.60 bits per heavy atom. The number of carbonyl (C=O) groups is 1. The highest BCUT2D eigenvalue weighted by atomic mass is 35.5. The predicted molar refractivity (Wildman–Crippen MR) is 102 cm³/mol. The minimum absolute atomic E-state index is 0.0124. The number of rotatable bonds is 4. The van der Waals surface area contributed by atoms with Crippen LogP contribution in [0, 0.1) is 5.41 Å². The lowest BCUT2D eigenvalue weighted by molar-refractivity contribution is -0.123. The van der Waals surface area contributed by atoms with E-state index in [1.54, 1.807) is 17.8 Å². The normalized spacial score (nSPS) is 13.0. The van der Waals surface area contributed by atoms with Gasteiger partial charge < -0.3 is 14.8 Å². The molecule has 25 heavy (non-hydrogen) atoms. The first kappa shape index (κ1) is 18.0. The molecular weight excluding hydrogens is 358 g/mol. The topological polar surface area (TPSA) is 47.6 Å². The van der Waals surface area contributed by atoms with Gasteiger partial charge in [-0.3, -0.25) is 4.79 Å². The number of amides is 1. The third-order valence-corrected chi connectivity index (χ3v) is 5.22. The van der Waals surface area contributed by atoms with Gasteiger partial charge in [0.1, 0.15) is 0 Å². The first-order chi connectivity index (χ1) is 11.8. The Labute approximate surface area is 156 Å². The maximum atomic E-state index is 12.3. The lowest BCUT2D eigenvalue weighted by Gasteiger charge is -2.19. The Morgan fingerprint density at radius 2 is 1.88 bits per heavy atom. The van der Waals surface area contributed by atoms with Gasteiger partial charge in [-0.25, -0.2) is 0 Å². The van der Waals surface area contributed by atoms with Gasteiger partial charge in [-0.05, 0) is 23.8 Å². The van der Waals surface area contributed by atoms with Gasteiger partial charge in [0.2, 0.25) is 12.7 Å². The average Bonchev–Trinajstić information content (AvgIpc) is 3.00. The summed E-state index contributed by atoms with van der Waals surface area (Å²) in [5.41, 5.74) is 1.33. The van der Waals surface area contributed by atoms with E-state index in [2.05, 4.69) is 5.32 Å². The van der Waals surface area contributed by atoms with E-state index in [-0.39, 0.29) is 12.7 Å². The molecule has 3 rings (SSSR count). The molecule has 0 aromatic heterocycles. The van der Waals surface area contributed by atoms with Crippen LogP contribution >= 0.6 is 23.4 Å². The van der Waals surface area contributed by atoms with E-state index in [4.69, 9.17) is 21.1 Å². The number of thioether (sulfide) groups is 1. The lowest BCUT2D eigenvalue weighted by Crippen LogP contribution is -2.27. The molecule has 2 aromatic rings. The largest absolute Gasteiger partial charge is 0.454 e. The van der Waals surface area contributed by atoms with Crippen LogP contribution in [0.5, 0.6) is 11.5 Å². The molecule has 1 N–H and O–H groups in total. The molecule has 0 unspecified atom stereocenters. The Hall–Kier alpha value is -1.85. The van der Waals surface area contributed by atoms with Crippen LogP contribution in [0.15, 0.2) is 41.3 Å². The molecule has 0 bridgehead atoms. The summed E-state index contributed by atoms with van der Waals surface area (Å²) in [6.45, 7) is 5.91. The van der Waals surface area contributed by atoms with Gasteiger partial charge in [0, 0.05) is 27.2 Å². The van der Waals surface area contributed by atoms with E-state index >= 15 is 0 Å². The van der Waals surface area contributed by atoms with Crippen molar-refractivity contribution in [1.82, 2.24) is 0 Å². The molecule has 1 heterocycles. The van der Waals surface area contributed by atoms with Gasteiger partial charge >= 0.3 is 0 Å². The smallest absolute Gasteiger partial charge is 0.231 e. The summed E-state index contributed by atoms with van der Waals surface area (Å²) >= 11 is 7.96. The van der Waals surface area contributed by atoms with E-state index in [1.807, 2.05) is 51.1 Å². The summed E-state index contributed by atoms with van der Waals surface area (Å²) in [5.74, 6) is 2.05. The number of para-hydroxylation sites is 1. The molecule has 4 nitrogen and oxygen atoms in total. The van der Waals surface area contributed by atoms with Crippen molar-refractivity contribution in [3.05, 3.63) is 47.0 Å². The number of hydrogen-bond donors (Lipinski definition) is 1. The fourth-order valence-electron chi connectivity index (χ4n) is 2.23. The van der Waals surface area contributed by atoms with Gasteiger partial charge in [0.25, 0.3) is 0 Å². The monoisotopic (exact) mass is 377 g/mol. The molecule has 0 saturated carbocycles.